The van der Waals surface area contributed by atoms with Gasteiger partial charge in [0, 0.05) is 22.8 Å². The number of aromatic nitrogens is 4. The molecule has 9 nitrogen and oxygen atoms in total. The van der Waals surface area contributed by atoms with Gasteiger partial charge in [-0.3, -0.25) is 9.52 Å². The van der Waals surface area contributed by atoms with E-state index in [1.807, 2.05) is 19.9 Å². The Bertz CT molecular complexity index is 1450. The number of benzene rings is 2. The zero-order valence-corrected chi connectivity index (χ0v) is 17.6. The second-order valence-electron chi connectivity index (χ2n) is 6.90. The third-order valence-electron chi connectivity index (χ3n) is 4.42. The van der Waals surface area contributed by atoms with E-state index in [2.05, 4.69) is 25.1 Å². The molecule has 4 aromatic rings. The molecule has 0 bridgehead atoms. The molecule has 0 aliphatic heterocycles. The van der Waals surface area contributed by atoms with E-state index in [0.29, 0.717) is 17.5 Å². The van der Waals surface area contributed by atoms with Crippen LogP contribution >= 0.6 is 0 Å². The number of aryl methyl sites for hydroxylation is 2. The molecule has 0 saturated heterocycles. The van der Waals surface area contributed by atoms with Gasteiger partial charge in [0.1, 0.15) is 0 Å². The number of nitrogens with one attached hydrogen (secondary N) is 2. The van der Waals surface area contributed by atoms with Gasteiger partial charge in [0.05, 0.1) is 4.90 Å². The van der Waals surface area contributed by atoms with Gasteiger partial charge in [-0.05, 0) is 62.4 Å². The third kappa shape index (κ3) is 4.25. The van der Waals surface area contributed by atoms with Gasteiger partial charge in [-0.15, -0.1) is 5.10 Å². The van der Waals surface area contributed by atoms with Crippen molar-refractivity contribution in [2.45, 2.75) is 18.7 Å². The van der Waals surface area contributed by atoms with E-state index in [9.17, 15) is 22.0 Å². The zero-order chi connectivity index (χ0) is 23.0. The first-order valence-corrected chi connectivity index (χ1v) is 10.7. The number of sulfonamides is 1. The summed E-state index contributed by atoms with van der Waals surface area (Å²) in [5.41, 5.74) is 2.05. The highest BCUT2D eigenvalue weighted by Crippen LogP contribution is 2.20. The monoisotopic (exact) mass is 458 g/mol. The van der Waals surface area contributed by atoms with Crippen LogP contribution in [-0.4, -0.2) is 33.9 Å². The quantitative estimate of drug-likeness (QED) is 0.475. The molecule has 2 aromatic carbocycles. The molecule has 4 rings (SSSR count). The molecule has 164 valence electrons. The largest absolute Gasteiger partial charge is 0.319 e. The first-order valence-electron chi connectivity index (χ1n) is 9.23. The Balaban J connectivity index is 1.48. The van der Waals surface area contributed by atoms with Crippen LogP contribution in [0.5, 0.6) is 0 Å². The van der Waals surface area contributed by atoms with Gasteiger partial charge < -0.3 is 5.32 Å². The molecule has 0 aliphatic carbocycles. The van der Waals surface area contributed by atoms with Gasteiger partial charge in [-0.25, -0.2) is 26.7 Å². The van der Waals surface area contributed by atoms with Crippen LogP contribution in [0.1, 0.15) is 22.0 Å². The molecule has 32 heavy (non-hydrogen) atoms. The molecule has 2 heterocycles. The summed E-state index contributed by atoms with van der Waals surface area (Å²) in [6, 6.07) is 9.81. The maximum absolute atomic E-state index is 13.3. The van der Waals surface area contributed by atoms with E-state index in [-0.39, 0.29) is 11.5 Å². The van der Waals surface area contributed by atoms with Gasteiger partial charge in [0.15, 0.2) is 11.6 Å². The number of amides is 1. The first kappa shape index (κ1) is 21.3. The van der Waals surface area contributed by atoms with Gasteiger partial charge >= 0.3 is 0 Å². The predicted molar refractivity (Wildman–Crippen MR) is 112 cm³/mol. The van der Waals surface area contributed by atoms with Crippen molar-refractivity contribution in [3.63, 3.8) is 0 Å². The Morgan fingerprint density at radius 3 is 2.31 bits per heavy atom. The van der Waals surface area contributed by atoms with Gasteiger partial charge in [-0.1, -0.05) is 0 Å². The van der Waals surface area contributed by atoms with Crippen LogP contribution < -0.4 is 10.0 Å². The average molecular weight is 458 g/mol. The molecule has 12 heteroatoms. The number of hydrogen-bond donors (Lipinski definition) is 2. The van der Waals surface area contributed by atoms with E-state index in [1.54, 1.807) is 0 Å². The minimum Gasteiger partial charge on any atom is -0.319 e. The lowest BCUT2D eigenvalue weighted by atomic mass is 10.3. The summed E-state index contributed by atoms with van der Waals surface area (Å²) >= 11 is 0. The molecular weight excluding hydrogens is 442 g/mol. The molecule has 0 radical (unpaired) electrons. The number of fused-ring (bicyclic) bond motifs is 1. The normalized spacial score (nSPS) is 11.5. The SMILES string of the molecule is Cc1cc(C)n2nc(C(=O)Nc3ccc(NS(=O)(=O)c4ccc(F)c(F)c4)cc3)nc2n1. The maximum Gasteiger partial charge on any atom is 0.295 e. The van der Waals surface area contributed by atoms with Crippen LogP contribution in [0.2, 0.25) is 0 Å². The molecule has 1 amide bonds. The Morgan fingerprint density at radius 2 is 1.62 bits per heavy atom. The summed E-state index contributed by atoms with van der Waals surface area (Å²) in [5.74, 6) is -2.76. The van der Waals surface area contributed by atoms with Gasteiger partial charge in [0.25, 0.3) is 21.7 Å². The third-order valence-corrected chi connectivity index (χ3v) is 5.80. The van der Waals surface area contributed by atoms with Crippen molar-refractivity contribution in [2.24, 2.45) is 0 Å². The predicted octanol–water partition coefficient (Wildman–Crippen LogP) is 3.07. The summed E-state index contributed by atoms with van der Waals surface area (Å²) < 4.78 is 54.8. The van der Waals surface area contributed by atoms with Crippen LogP contribution in [-0.2, 0) is 10.0 Å². The lowest BCUT2D eigenvalue weighted by Crippen LogP contribution is -2.15. The summed E-state index contributed by atoms with van der Waals surface area (Å²) in [6.45, 7) is 3.63. The Labute approximate surface area is 181 Å². The molecule has 0 unspecified atom stereocenters. The summed E-state index contributed by atoms with van der Waals surface area (Å²) in [6.07, 6.45) is 0. The molecular formula is C20H16F2N6O3S. The fourth-order valence-corrected chi connectivity index (χ4v) is 4.00. The Morgan fingerprint density at radius 1 is 0.938 bits per heavy atom. The van der Waals surface area contributed by atoms with E-state index in [0.717, 1.165) is 23.5 Å². The fraction of sp³-hybridized carbons (Fsp3) is 0.100. The molecule has 2 N–H and O–H groups in total. The van der Waals surface area contributed by atoms with Crippen molar-refractivity contribution in [1.29, 1.82) is 0 Å². The number of nitrogens with zero attached hydrogens (tertiary/aromatic N) is 4. The van der Waals surface area contributed by atoms with E-state index in [1.165, 1.54) is 28.8 Å². The van der Waals surface area contributed by atoms with E-state index in [4.69, 9.17) is 0 Å². The lowest BCUT2D eigenvalue weighted by Gasteiger charge is -2.09. The van der Waals surface area contributed by atoms with Crippen molar-refractivity contribution in [1.82, 2.24) is 19.6 Å². The molecule has 0 fully saturated rings. The molecule has 0 aliphatic rings. The van der Waals surface area contributed by atoms with Crippen LogP contribution in [0, 0.1) is 25.5 Å². The van der Waals surface area contributed by atoms with E-state index >= 15 is 0 Å². The molecule has 2 aromatic heterocycles. The van der Waals surface area contributed by atoms with Crippen molar-refractivity contribution >= 4 is 33.1 Å². The maximum atomic E-state index is 13.3. The minimum atomic E-state index is -4.13. The molecule has 0 spiro atoms. The summed E-state index contributed by atoms with van der Waals surface area (Å²) in [7, 11) is -4.13. The second kappa shape index (κ2) is 7.96. The zero-order valence-electron chi connectivity index (χ0n) is 16.8. The first-order chi connectivity index (χ1) is 15.1. The highest BCUT2D eigenvalue weighted by Gasteiger charge is 2.18. The Kier molecular flexibility index (Phi) is 5.30. The highest BCUT2D eigenvalue weighted by molar-refractivity contribution is 7.92. The number of halogens is 2. The lowest BCUT2D eigenvalue weighted by molar-refractivity contribution is 0.101. The van der Waals surface area contributed by atoms with Crippen LogP contribution in [0.15, 0.2) is 53.4 Å². The van der Waals surface area contributed by atoms with E-state index < -0.39 is 32.5 Å². The molecule has 0 atom stereocenters. The number of carbonyl (C=O) groups excluding carboxylic acids is 1. The fourth-order valence-electron chi connectivity index (χ4n) is 2.93. The van der Waals surface area contributed by atoms with Crippen molar-refractivity contribution in [3.05, 3.63) is 77.4 Å². The Hall–Kier alpha value is -3.93. The summed E-state index contributed by atoms with van der Waals surface area (Å²) in [5, 5.41) is 6.76. The smallest absolute Gasteiger partial charge is 0.295 e. The molecule has 0 saturated carbocycles. The van der Waals surface area contributed by atoms with Crippen LogP contribution in [0.3, 0.4) is 0 Å². The average Bonchev–Trinajstić information content (AvgIpc) is 3.16. The highest BCUT2D eigenvalue weighted by atomic mass is 32.2. The summed E-state index contributed by atoms with van der Waals surface area (Å²) in [4.78, 5) is 20.4. The number of anilines is 2. The standard InChI is InChI=1S/C20H16F2N6O3S/c1-11-9-12(2)28-20(23-11)25-18(26-28)19(29)24-13-3-5-14(6-4-13)27-32(30,31)15-7-8-16(21)17(22)10-15/h3-10,27H,1-2H3,(H,24,29). The van der Waals surface area contributed by atoms with Crippen molar-refractivity contribution in [2.75, 3.05) is 10.0 Å². The second-order valence-corrected chi connectivity index (χ2v) is 8.58. The number of rotatable bonds is 5. The number of carbonyl (C=O) groups is 1. The van der Waals surface area contributed by atoms with Crippen LogP contribution in [0.25, 0.3) is 5.78 Å². The van der Waals surface area contributed by atoms with Gasteiger partial charge in [-0.2, -0.15) is 4.98 Å². The van der Waals surface area contributed by atoms with Crippen molar-refractivity contribution < 1.29 is 22.0 Å². The van der Waals surface area contributed by atoms with Crippen molar-refractivity contribution in [3.8, 4) is 0 Å². The number of hydrogen-bond acceptors (Lipinski definition) is 6. The van der Waals surface area contributed by atoms with Crippen LogP contribution in [0.4, 0.5) is 20.2 Å². The topological polar surface area (TPSA) is 118 Å². The minimum absolute atomic E-state index is 0.0747. The van der Waals surface area contributed by atoms with Gasteiger partial charge in [0.2, 0.25) is 5.82 Å².